The van der Waals surface area contributed by atoms with Crippen LogP contribution in [0.4, 0.5) is 10.5 Å². The Balaban J connectivity index is 1.60. The highest BCUT2D eigenvalue weighted by atomic mass is 16.6. The van der Waals surface area contributed by atoms with Crippen LogP contribution in [-0.2, 0) is 14.3 Å². The van der Waals surface area contributed by atoms with Crippen molar-refractivity contribution >= 4 is 29.5 Å². The van der Waals surface area contributed by atoms with Crippen LogP contribution in [0, 0.1) is 6.92 Å². The van der Waals surface area contributed by atoms with Crippen molar-refractivity contribution in [1.82, 2.24) is 15.1 Å². The molecule has 4 amide bonds. The molecule has 1 spiro atoms. The third kappa shape index (κ3) is 6.20. The molecule has 1 aromatic rings. The molecule has 1 atom stereocenters. The summed E-state index contributed by atoms with van der Waals surface area (Å²) in [6.07, 6.45) is 2.85. The molecule has 4 rings (SSSR count). The van der Waals surface area contributed by atoms with Crippen LogP contribution in [0.3, 0.4) is 0 Å². The molecule has 0 unspecified atom stereocenters. The van der Waals surface area contributed by atoms with E-state index in [2.05, 4.69) is 5.32 Å². The quantitative estimate of drug-likeness (QED) is 0.543. The van der Waals surface area contributed by atoms with Crippen molar-refractivity contribution in [2.75, 3.05) is 31.1 Å². The average molecular weight is 557 g/mol. The van der Waals surface area contributed by atoms with Gasteiger partial charge >= 0.3 is 6.09 Å². The van der Waals surface area contributed by atoms with Gasteiger partial charge in [0.15, 0.2) is 5.60 Å². The molecule has 1 N–H and O–H groups in total. The van der Waals surface area contributed by atoms with Crippen molar-refractivity contribution in [2.45, 2.75) is 104 Å². The summed E-state index contributed by atoms with van der Waals surface area (Å²) in [5.41, 5.74) is 0.370. The minimum Gasteiger partial charge on any atom is -0.475 e. The van der Waals surface area contributed by atoms with Gasteiger partial charge in [0.1, 0.15) is 11.4 Å². The van der Waals surface area contributed by atoms with Crippen LogP contribution in [0.25, 0.3) is 0 Å². The second-order valence-corrected chi connectivity index (χ2v) is 12.4. The Morgan fingerprint density at radius 1 is 1.23 bits per heavy atom. The number of aryl methyl sites for hydroxylation is 1. The largest absolute Gasteiger partial charge is 0.475 e. The minimum atomic E-state index is -0.836. The molecule has 220 valence electrons. The third-order valence-electron chi connectivity index (χ3n) is 7.68. The Morgan fingerprint density at radius 3 is 2.52 bits per heavy atom. The molecule has 40 heavy (non-hydrogen) atoms. The molecule has 0 bridgehead atoms. The van der Waals surface area contributed by atoms with Crippen molar-refractivity contribution in [3.63, 3.8) is 0 Å². The smallest absolute Gasteiger partial charge is 0.410 e. The van der Waals surface area contributed by atoms with E-state index in [9.17, 15) is 19.2 Å². The summed E-state index contributed by atoms with van der Waals surface area (Å²) in [5, 5.41) is 2.84. The number of nitrogens with one attached hydrogen (secondary N) is 1. The first kappa shape index (κ1) is 29.7. The lowest BCUT2D eigenvalue weighted by molar-refractivity contribution is -0.128. The molecule has 1 saturated carbocycles. The summed E-state index contributed by atoms with van der Waals surface area (Å²) in [6, 6.07) is 3.32. The van der Waals surface area contributed by atoms with Crippen LogP contribution in [0.5, 0.6) is 5.75 Å². The molecule has 10 heteroatoms. The van der Waals surface area contributed by atoms with Gasteiger partial charge in [0.25, 0.3) is 11.8 Å². The fourth-order valence-corrected chi connectivity index (χ4v) is 5.52. The number of carbonyl (C=O) groups excluding carboxylic acids is 4. The Bertz CT molecular complexity index is 1170. The van der Waals surface area contributed by atoms with Gasteiger partial charge in [0, 0.05) is 57.0 Å². The predicted octanol–water partition coefficient (Wildman–Crippen LogP) is 4.03. The number of carbonyl (C=O) groups is 4. The van der Waals surface area contributed by atoms with E-state index in [1.807, 2.05) is 52.5 Å². The lowest BCUT2D eigenvalue weighted by Gasteiger charge is -2.42. The Morgan fingerprint density at radius 2 is 1.93 bits per heavy atom. The Kier molecular flexibility index (Phi) is 8.38. The van der Waals surface area contributed by atoms with E-state index in [1.165, 1.54) is 0 Å². The van der Waals surface area contributed by atoms with E-state index in [-0.39, 0.29) is 35.9 Å². The zero-order chi connectivity index (χ0) is 29.4. The summed E-state index contributed by atoms with van der Waals surface area (Å²) >= 11 is 0. The summed E-state index contributed by atoms with van der Waals surface area (Å²) in [4.78, 5) is 57.4. The molecule has 1 saturated heterocycles. The van der Waals surface area contributed by atoms with Gasteiger partial charge < -0.3 is 29.5 Å². The van der Waals surface area contributed by atoms with Crippen molar-refractivity contribution in [1.29, 1.82) is 0 Å². The number of hydrogen-bond acceptors (Lipinski definition) is 6. The number of piperidine rings is 1. The van der Waals surface area contributed by atoms with Crippen molar-refractivity contribution in [3.8, 4) is 5.75 Å². The first-order valence-corrected chi connectivity index (χ1v) is 14.5. The molecule has 0 aromatic heterocycles. The SMILES string of the molecule is CCC(=O)NCCN1C(=O)C2(CC2)Oc2cc(C)c(C(=O)N(C(C)C)[C@@H]3CCCN(C(=O)OC(C)(C)C)C3)cc21. The first-order valence-electron chi connectivity index (χ1n) is 14.5. The van der Waals surface area contributed by atoms with Crippen LogP contribution in [0.2, 0.25) is 0 Å². The average Bonchev–Trinajstić information content (AvgIpc) is 3.65. The predicted molar refractivity (Wildman–Crippen MR) is 152 cm³/mol. The fraction of sp³-hybridized carbons (Fsp3) is 0.667. The second-order valence-electron chi connectivity index (χ2n) is 12.4. The van der Waals surface area contributed by atoms with Crippen LogP contribution < -0.4 is 15.0 Å². The summed E-state index contributed by atoms with van der Waals surface area (Å²) < 4.78 is 11.8. The number of rotatable bonds is 7. The number of benzene rings is 1. The summed E-state index contributed by atoms with van der Waals surface area (Å²) in [7, 11) is 0. The van der Waals surface area contributed by atoms with Gasteiger partial charge in [-0.15, -0.1) is 0 Å². The van der Waals surface area contributed by atoms with E-state index in [4.69, 9.17) is 9.47 Å². The van der Waals surface area contributed by atoms with Gasteiger partial charge in [-0.3, -0.25) is 14.4 Å². The lowest BCUT2D eigenvalue weighted by Crippen LogP contribution is -2.54. The Hall–Kier alpha value is -3.30. The van der Waals surface area contributed by atoms with Gasteiger partial charge in [-0.25, -0.2) is 4.79 Å². The zero-order valence-electron chi connectivity index (χ0n) is 25.0. The third-order valence-corrected chi connectivity index (χ3v) is 7.68. The second kappa shape index (κ2) is 11.3. The number of likely N-dealkylation sites (tertiary alicyclic amines) is 1. The summed E-state index contributed by atoms with van der Waals surface area (Å²) in [6.45, 7) is 14.7. The highest BCUT2D eigenvalue weighted by molar-refractivity contribution is 6.06. The highest BCUT2D eigenvalue weighted by Gasteiger charge is 2.58. The number of hydrogen-bond donors (Lipinski definition) is 1. The topological polar surface area (TPSA) is 108 Å². The van der Waals surface area contributed by atoms with Crippen molar-refractivity contribution in [3.05, 3.63) is 23.3 Å². The molecule has 1 aromatic carbocycles. The maximum atomic E-state index is 14.2. The van der Waals surface area contributed by atoms with E-state index in [1.54, 1.807) is 22.8 Å². The van der Waals surface area contributed by atoms with Gasteiger partial charge in [0.05, 0.1) is 11.7 Å². The minimum absolute atomic E-state index is 0.0812. The van der Waals surface area contributed by atoms with Gasteiger partial charge in [-0.1, -0.05) is 6.92 Å². The molecule has 2 fully saturated rings. The molecule has 10 nitrogen and oxygen atoms in total. The molecule has 0 radical (unpaired) electrons. The Labute approximate surface area is 237 Å². The van der Waals surface area contributed by atoms with E-state index in [0.29, 0.717) is 62.4 Å². The number of fused-ring (bicyclic) bond motifs is 1. The zero-order valence-corrected chi connectivity index (χ0v) is 25.0. The first-order chi connectivity index (χ1) is 18.8. The number of ether oxygens (including phenoxy) is 2. The molecule has 2 aliphatic heterocycles. The van der Waals surface area contributed by atoms with Crippen LogP contribution in [-0.4, -0.2) is 83.1 Å². The normalized spacial score (nSPS) is 19.7. The summed E-state index contributed by atoms with van der Waals surface area (Å²) in [5.74, 6) is 0.221. The molecule has 3 aliphatic rings. The molecular weight excluding hydrogens is 512 g/mol. The number of amides is 4. The van der Waals surface area contributed by atoms with Gasteiger partial charge in [-0.05, 0) is 72.1 Å². The van der Waals surface area contributed by atoms with Crippen molar-refractivity contribution < 1.29 is 28.7 Å². The fourth-order valence-electron chi connectivity index (χ4n) is 5.52. The number of anilines is 1. The highest BCUT2D eigenvalue weighted by Crippen LogP contribution is 2.50. The molecule has 2 heterocycles. The van der Waals surface area contributed by atoms with E-state index >= 15 is 0 Å². The molecule has 1 aliphatic carbocycles. The van der Waals surface area contributed by atoms with E-state index in [0.717, 1.165) is 18.4 Å². The monoisotopic (exact) mass is 556 g/mol. The van der Waals surface area contributed by atoms with Crippen LogP contribution >= 0.6 is 0 Å². The van der Waals surface area contributed by atoms with E-state index < -0.39 is 11.2 Å². The maximum Gasteiger partial charge on any atom is 0.410 e. The lowest BCUT2D eigenvalue weighted by atomic mass is 9.98. The van der Waals surface area contributed by atoms with Crippen LogP contribution in [0.1, 0.15) is 89.6 Å². The van der Waals surface area contributed by atoms with Gasteiger partial charge in [-0.2, -0.15) is 0 Å². The molecular formula is C30H44N4O6. The van der Waals surface area contributed by atoms with Crippen LogP contribution in [0.15, 0.2) is 12.1 Å². The van der Waals surface area contributed by atoms with Gasteiger partial charge in [0.2, 0.25) is 5.91 Å². The van der Waals surface area contributed by atoms with Crippen molar-refractivity contribution in [2.24, 2.45) is 0 Å². The standard InChI is InChI=1S/C30H44N4O6/c1-8-25(35)31-13-15-33-23-17-22(20(4)16-24(23)39-30(11-12-30)27(33)37)26(36)34(19(2)3)21-10-9-14-32(18-21)28(38)40-29(5,6)7/h16-17,19,21H,8-15,18H2,1-7H3,(H,31,35)/t21-/m1/s1. The number of nitrogens with zero attached hydrogens (tertiary/aromatic N) is 3. The maximum absolute atomic E-state index is 14.2.